The Morgan fingerprint density at radius 1 is 0.500 bits per heavy atom. The number of nitrogens with zero attached hydrogens (tertiary/aromatic N) is 2. The predicted molar refractivity (Wildman–Crippen MR) is 265 cm³/mol. The number of nitrogens with two attached hydrogens (primary N) is 1. The third-order valence-electron chi connectivity index (χ3n) is 12.0. The van der Waals surface area contributed by atoms with Gasteiger partial charge in [0.1, 0.15) is 5.82 Å². The van der Waals surface area contributed by atoms with Gasteiger partial charge in [-0.3, -0.25) is 29.0 Å². The maximum atomic E-state index is 14.4. The third-order valence-corrected chi connectivity index (χ3v) is 12.0. The molecule has 8 rings (SSSR count). The molecule has 4 aromatic carbocycles. The minimum absolute atomic E-state index is 0. The van der Waals surface area contributed by atoms with Gasteiger partial charge in [-0.25, -0.2) is 4.39 Å². The van der Waals surface area contributed by atoms with Crippen LogP contribution in [0.1, 0.15) is 103 Å². The minimum Gasteiger partial charge on any atom is -0.396 e. The van der Waals surface area contributed by atoms with E-state index in [1.165, 1.54) is 6.07 Å². The summed E-state index contributed by atoms with van der Waals surface area (Å²) in [5, 5.41) is 30.2. The molecule has 2 fully saturated rings. The third kappa shape index (κ3) is 14.1. The van der Waals surface area contributed by atoms with Crippen molar-refractivity contribution in [3.05, 3.63) is 123 Å². The van der Waals surface area contributed by atoms with Crippen molar-refractivity contribution < 1.29 is 43.3 Å². The molecule has 0 amide bonds. The van der Waals surface area contributed by atoms with E-state index in [9.17, 15) is 23.6 Å². The largest absolute Gasteiger partial charge is 0.396 e. The number of fused-ring (bicyclic) bond motifs is 4. The van der Waals surface area contributed by atoms with Crippen LogP contribution in [0.15, 0.2) is 72.8 Å². The zero-order valence-corrected chi connectivity index (χ0v) is 38.4. The van der Waals surface area contributed by atoms with Crippen LogP contribution >= 0.6 is 0 Å². The average molecular weight is 940 g/mol. The molecule has 2 aliphatic carbocycles. The summed E-state index contributed by atoms with van der Waals surface area (Å²) < 4.78 is 25.1. The molecule has 2 aliphatic heterocycles. The van der Waals surface area contributed by atoms with Crippen LogP contribution in [0.25, 0.3) is 0 Å². The second-order valence-corrected chi connectivity index (χ2v) is 16.6. The van der Waals surface area contributed by atoms with Crippen molar-refractivity contribution in [2.24, 2.45) is 5.73 Å². The van der Waals surface area contributed by atoms with Gasteiger partial charge in [-0.15, -0.1) is 0 Å². The quantitative estimate of drug-likeness (QED) is 0.0499. The Bertz CT molecular complexity index is 2280. The van der Waals surface area contributed by atoms with Gasteiger partial charge in [-0.05, 0) is 76.0 Å². The van der Waals surface area contributed by atoms with Gasteiger partial charge in [0.05, 0.1) is 55.3 Å². The number of hydrogen-bond acceptors (Lipinski definition) is 15. The number of ether oxygens (including phenoxy) is 2. The number of halogens is 1. The average Bonchev–Trinajstić information content (AvgIpc) is 3.36. The number of rotatable bonds is 20. The Hall–Kier alpha value is -5.43. The standard InChI is InChI=1S/C25H32N4O4.C21H21FN2O3.C5H13NO.CH4/c30-15-11-26-9-10-28-21-7-6-20(27-8-3-12-29-13-16-33-17-14-29)22-23(21)25(32)19-5-2-1-4-18(19)24(22)31;22-16-6-7-17(23-8-3-9-24-10-12-27-13-11-24)19-18(16)20(25)14-4-1-2-5-15(14)21(19)26;6-4-2-1-3-5-7;/h1-2,4-7,26-28,30H,3,8-17H2;1-2,4-7,23H,3,8-13H2;7H,1-6H2;1H4. The topological polar surface area (TPSA) is 208 Å². The molecule has 8 N–H and O–H groups in total. The van der Waals surface area contributed by atoms with E-state index in [-0.39, 0.29) is 48.1 Å². The number of aliphatic hydroxyl groups excluding tert-OH is 2. The molecule has 0 spiro atoms. The first-order chi connectivity index (χ1) is 32.8. The van der Waals surface area contributed by atoms with Crippen LogP contribution in [0.5, 0.6) is 0 Å². The molecule has 4 aliphatic rings. The highest BCUT2D eigenvalue weighted by atomic mass is 19.1. The lowest BCUT2D eigenvalue weighted by Gasteiger charge is -2.27. The summed E-state index contributed by atoms with van der Waals surface area (Å²) in [6.45, 7) is 12.9. The van der Waals surface area contributed by atoms with Crippen LogP contribution in [0.4, 0.5) is 21.5 Å². The van der Waals surface area contributed by atoms with Gasteiger partial charge in [0, 0.05) is 105 Å². The van der Waals surface area contributed by atoms with Crippen LogP contribution in [-0.4, -0.2) is 161 Å². The fourth-order valence-electron chi connectivity index (χ4n) is 8.47. The Morgan fingerprint density at radius 2 is 0.912 bits per heavy atom. The predicted octanol–water partition coefficient (Wildman–Crippen LogP) is 5.07. The van der Waals surface area contributed by atoms with Crippen molar-refractivity contribution in [3.63, 3.8) is 0 Å². The summed E-state index contributed by atoms with van der Waals surface area (Å²) in [4.78, 5) is 57.2. The number of morpholine rings is 2. The Morgan fingerprint density at radius 3 is 1.34 bits per heavy atom. The Balaban J connectivity index is 0.000000223. The van der Waals surface area contributed by atoms with E-state index in [1.807, 2.05) is 12.1 Å². The zero-order chi connectivity index (χ0) is 47.4. The Labute approximate surface area is 400 Å². The van der Waals surface area contributed by atoms with Crippen molar-refractivity contribution in [3.8, 4) is 0 Å². The summed E-state index contributed by atoms with van der Waals surface area (Å²) in [5.41, 5.74) is 9.43. The van der Waals surface area contributed by atoms with Crippen LogP contribution in [-0.2, 0) is 9.47 Å². The van der Waals surface area contributed by atoms with Crippen LogP contribution in [0.2, 0.25) is 0 Å². The van der Waals surface area contributed by atoms with E-state index >= 15 is 0 Å². The number of carbonyl (C=O) groups excluding carboxylic acids is 4. The molecule has 368 valence electrons. The highest BCUT2D eigenvalue weighted by molar-refractivity contribution is 6.32. The molecule has 0 unspecified atom stereocenters. The summed E-state index contributed by atoms with van der Waals surface area (Å²) in [7, 11) is 0. The summed E-state index contributed by atoms with van der Waals surface area (Å²) in [6.07, 6.45) is 4.82. The number of unbranched alkanes of at least 4 members (excludes halogenated alkanes) is 2. The van der Waals surface area contributed by atoms with Crippen LogP contribution in [0, 0.1) is 5.82 Å². The number of benzene rings is 4. The zero-order valence-electron chi connectivity index (χ0n) is 38.4. The summed E-state index contributed by atoms with van der Waals surface area (Å²) >= 11 is 0. The molecule has 2 heterocycles. The lowest BCUT2D eigenvalue weighted by atomic mass is 9.82. The maximum absolute atomic E-state index is 14.4. The minimum atomic E-state index is -0.656. The highest BCUT2D eigenvalue weighted by Gasteiger charge is 2.35. The van der Waals surface area contributed by atoms with Crippen molar-refractivity contribution in [2.75, 3.05) is 134 Å². The second-order valence-electron chi connectivity index (χ2n) is 16.6. The molecule has 4 aromatic rings. The van der Waals surface area contributed by atoms with E-state index in [1.54, 1.807) is 54.6 Å². The summed E-state index contributed by atoms with van der Waals surface area (Å²) in [6, 6.07) is 20.1. The van der Waals surface area contributed by atoms with Gasteiger partial charge in [0.15, 0.2) is 23.1 Å². The van der Waals surface area contributed by atoms with Gasteiger partial charge >= 0.3 is 0 Å². The highest BCUT2D eigenvalue weighted by Crippen LogP contribution is 2.37. The van der Waals surface area contributed by atoms with E-state index in [4.69, 9.17) is 25.4 Å². The molecule has 0 radical (unpaired) electrons. The SMILES string of the molecule is C.NCCCCCO.O=C1c2ccccc2C(=O)c2c(NCCCN3CCOCC3)ccc(F)c21.O=C1c2ccccc2C(=O)c2c(NCCNCCO)ccc(NCCCN3CCOCC3)c21. The van der Waals surface area contributed by atoms with Crippen LogP contribution in [0.3, 0.4) is 0 Å². The Kier molecular flexibility index (Phi) is 22.2. The van der Waals surface area contributed by atoms with Gasteiger partial charge in [-0.1, -0.05) is 56.0 Å². The van der Waals surface area contributed by atoms with Gasteiger partial charge < -0.3 is 46.7 Å². The lowest BCUT2D eigenvalue weighted by Crippen LogP contribution is -2.37. The van der Waals surface area contributed by atoms with Gasteiger partial charge in [0.25, 0.3) is 0 Å². The first kappa shape index (κ1) is 53.5. The fourth-order valence-corrected chi connectivity index (χ4v) is 8.47. The molecule has 68 heavy (non-hydrogen) atoms. The molecule has 0 bridgehead atoms. The number of ketones is 4. The van der Waals surface area contributed by atoms with E-state index in [0.29, 0.717) is 84.2 Å². The van der Waals surface area contributed by atoms with Crippen LogP contribution < -0.4 is 27.0 Å². The number of aliphatic hydroxyl groups is 2. The number of carbonyl (C=O) groups is 4. The van der Waals surface area contributed by atoms with Crippen molar-refractivity contribution in [2.45, 2.75) is 39.5 Å². The number of anilines is 3. The number of nitrogens with one attached hydrogen (secondary N) is 4. The lowest BCUT2D eigenvalue weighted by molar-refractivity contribution is 0.0378. The molecular weight excluding hydrogens is 870 g/mol. The molecule has 16 heteroatoms. The van der Waals surface area contributed by atoms with Gasteiger partial charge in [0.2, 0.25) is 0 Å². The van der Waals surface area contributed by atoms with E-state index < -0.39 is 11.6 Å². The second kappa shape index (κ2) is 28.2. The monoisotopic (exact) mass is 940 g/mol. The van der Waals surface area contributed by atoms with E-state index in [0.717, 1.165) is 104 Å². The van der Waals surface area contributed by atoms with Gasteiger partial charge in [-0.2, -0.15) is 0 Å². The first-order valence-electron chi connectivity index (χ1n) is 23.6. The molecular formula is C52H70FN7O8. The molecule has 15 nitrogen and oxygen atoms in total. The first-order valence-corrected chi connectivity index (χ1v) is 23.6. The maximum Gasteiger partial charge on any atom is 0.197 e. The van der Waals surface area contributed by atoms with E-state index in [2.05, 4.69) is 31.1 Å². The molecule has 0 atom stereocenters. The van der Waals surface area contributed by atoms with Crippen molar-refractivity contribution >= 4 is 40.2 Å². The van der Waals surface area contributed by atoms with Crippen molar-refractivity contribution in [1.82, 2.24) is 15.1 Å². The summed E-state index contributed by atoms with van der Waals surface area (Å²) in [5.74, 6) is -1.66. The van der Waals surface area contributed by atoms with Crippen molar-refractivity contribution in [1.29, 1.82) is 0 Å². The molecule has 2 saturated heterocycles. The number of hydrogen-bond donors (Lipinski definition) is 7. The molecule has 0 saturated carbocycles. The molecule has 0 aromatic heterocycles. The normalized spacial score (nSPS) is 15.3. The smallest absolute Gasteiger partial charge is 0.197 e. The fraction of sp³-hybridized carbons (Fsp3) is 0.462.